The van der Waals surface area contributed by atoms with Crippen LogP contribution in [0.1, 0.15) is 56.3 Å². The summed E-state index contributed by atoms with van der Waals surface area (Å²) in [5.41, 5.74) is 3.43. The van der Waals surface area contributed by atoms with Gasteiger partial charge in [0.15, 0.2) is 0 Å². The molecule has 1 aliphatic rings. The molecule has 3 heteroatoms. The zero-order valence-electron chi connectivity index (χ0n) is 11.5. The minimum atomic E-state index is -0.337. The first-order chi connectivity index (χ1) is 9.31. The predicted molar refractivity (Wildman–Crippen MR) is 76.1 cm³/mol. The molecule has 3 rings (SSSR count). The van der Waals surface area contributed by atoms with Gasteiger partial charge in [0, 0.05) is 11.8 Å². The van der Waals surface area contributed by atoms with Crippen molar-refractivity contribution in [1.29, 1.82) is 0 Å². The lowest BCUT2D eigenvalue weighted by atomic mass is 9.81. The highest BCUT2D eigenvalue weighted by atomic mass is 16.3. The summed E-state index contributed by atoms with van der Waals surface area (Å²) < 4.78 is 2.01. The van der Waals surface area contributed by atoms with Gasteiger partial charge < -0.3 is 9.51 Å². The summed E-state index contributed by atoms with van der Waals surface area (Å²) in [6.45, 7) is 2.15. The van der Waals surface area contributed by atoms with Crippen LogP contribution in [0.15, 0.2) is 24.8 Å². The van der Waals surface area contributed by atoms with Crippen molar-refractivity contribution in [3.63, 3.8) is 0 Å². The van der Waals surface area contributed by atoms with Gasteiger partial charge in [-0.3, -0.25) is 0 Å². The van der Waals surface area contributed by atoms with Crippen molar-refractivity contribution in [2.45, 2.75) is 51.6 Å². The van der Waals surface area contributed by atoms with Crippen LogP contribution in [0, 0.1) is 5.92 Å². The molecule has 1 N–H and O–H groups in total. The topological polar surface area (TPSA) is 37.5 Å². The number of fused-ring (bicyclic) bond motifs is 1. The van der Waals surface area contributed by atoms with Crippen molar-refractivity contribution in [2.24, 2.45) is 5.92 Å². The number of aliphatic hydroxyl groups is 1. The van der Waals surface area contributed by atoms with E-state index >= 15 is 0 Å². The Kier molecular flexibility index (Phi) is 3.56. The normalized spacial score (nSPS) is 18.8. The monoisotopic (exact) mass is 258 g/mol. The summed E-state index contributed by atoms with van der Waals surface area (Å²) in [6, 6.07) is 2.12. The fraction of sp³-hybridized carbons (Fsp3) is 0.562. The molecule has 1 saturated carbocycles. The quantitative estimate of drug-likeness (QED) is 0.914. The molecule has 0 saturated heterocycles. The zero-order chi connectivity index (χ0) is 13.2. The van der Waals surface area contributed by atoms with Crippen molar-refractivity contribution in [2.75, 3.05) is 0 Å². The maximum Gasteiger partial charge on any atom is 0.0992 e. The van der Waals surface area contributed by atoms with Gasteiger partial charge in [0.25, 0.3) is 0 Å². The zero-order valence-corrected chi connectivity index (χ0v) is 11.5. The van der Waals surface area contributed by atoms with Crippen molar-refractivity contribution in [3.8, 4) is 0 Å². The molecule has 2 heterocycles. The number of hydrogen-bond acceptors (Lipinski definition) is 2. The summed E-state index contributed by atoms with van der Waals surface area (Å²) in [5.74, 6) is 0.417. The van der Waals surface area contributed by atoms with Crippen molar-refractivity contribution in [1.82, 2.24) is 9.38 Å². The molecular formula is C16H22N2O. The molecule has 3 nitrogen and oxygen atoms in total. The van der Waals surface area contributed by atoms with Crippen LogP contribution in [0.3, 0.4) is 0 Å². The molecule has 102 valence electrons. The second kappa shape index (κ2) is 5.33. The molecule has 2 aromatic rings. The van der Waals surface area contributed by atoms with Gasteiger partial charge in [0.2, 0.25) is 0 Å². The summed E-state index contributed by atoms with van der Waals surface area (Å²) >= 11 is 0. The molecule has 2 aromatic heterocycles. The fourth-order valence-electron chi connectivity index (χ4n) is 3.39. The number of pyridine rings is 1. The average molecular weight is 258 g/mol. The Morgan fingerprint density at radius 1 is 1.37 bits per heavy atom. The minimum absolute atomic E-state index is 0.337. The van der Waals surface area contributed by atoms with Crippen LogP contribution in [0.25, 0.3) is 5.52 Å². The lowest BCUT2D eigenvalue weighted by Crippen LogP contribution is -2.18. The van der Waals surface area contributed by atoms with Gasteiger partial charge in [-0.25, -0.2) is 4.98 Å². The predicted octanol–water partition coefficient (Wildman–Crippen LogP) is 3.51. The molecule has 0 aliphatic heterocycles. The van der Waals surface area contributed by atoms with E-state index in [0.29, 0.717) is 5.92 Å². The Labute approximate surface area is 114 Å². The number of nitrogens with zero attached hydrogens (tertiary/aromatic N) is 2. The number of aryl methyl sites for hydroxylation is 1. The van der Waals surface area contributed by atoms with Gasteiger partial charge in [-0.15, -0.1) is 0 Å². The standard InChI is InChI=1S/C16H22N2O/c1-2-12-8-9-18-11-17-10-14(18)15(12)16(19)13-6-4-3-5-7-13/h8-11,13,16,19H,2-7H2,1H3. The third-order valence-electron chi connectivity index (χ3n) is 4.50. The number of imidazole rings is 1. The Morgan fingerprint density at radius 2 is 2.16 bits per heavy atom. The van der Waals surface area contributed by atoms with Crippen molar-refractivity contribution < 1.29 is 5.11 Å². The van der Waals surface area contributed by atoms with E-state index in [4.69, 9.17) is 0 Å². The number of rotatable bonds is 3. The Morgan fingerprint density at radius 3 is 2.89 bits per heavy atom. The van der Waals surface area contributed by atoms with Crippen LogP contribution >= 0.6 is 0 Å². The summed E-state index contributed by atoms with van der Waals surface area (Å²) in [6.07, 6.45) is 12.5. The molecule has 1 fully saturated rings. The maximum absolute atomic E-state index is 10.8. The highest BCUT2D eigenvalue weighted by Gasteiger charge is 2.26. The Hall–Kier alpha value is -1.35. The molecule has 1 aliphatic carbocycles. The van der Waals surface area contributed by atoms with Crippen molar-refractivity contribution in [3.05, 3.63) is 35.9 Å². The largest absolute Gasteiger partial charge is 0.388 e. The van der Waals surface area contributed by atoms with Crippen LogP contribution in [0.2, 0.25) is 0 Å². The molecule has 0 amide bonds. The van der Waals surface area contributed by atoms with Gasteiger partial charge in [0.1, 0.15) is 0 Å². The molecular weight excluding hydrogens is 236 g/mol. The lowest BCUT2D eigenvalue weighted by Gasteiger charge is -2.28. The number of aromatic nitrogens is 2. The van der Waals surface area contributed by atoms with E-state index in [-0.39, 0.29) is 6.10 Å². The van der Waals surface area contributed by atoms with Gasteiger partial charge in [-0.1, -0.05) is 26.2 Å². The van der Waals surface area contributed by atoms with Gasteiger partial charge in [0.05, 0.1) is 24.1 Å². The first-order valence-corrected chi connectivity index (χ1v) is 7.42. The van der Waals surface area contributed by atoms with E-state index < -0.39 is 0 Å². The van der Waals surface area contributed by atoms with Crippen LogP contribution in [-0.2, 0) is 6.42 Å². The second-order valence-corrected chi connectivity index (χ2v) is 5.64. The first-order valence-electron chi connectivity index (χ1n) is 7.42. The van der Waals surface area contributed by atoms with E-state index in [1.54, 1.807) is 0 Å². The Balaban J connectivity index is 2.03. The van der Waals surface area contributed by atoms with Crippen LogP contribution < -0.4 is 0 Å². The molecule has 1 atom stereocenters. The third-order valence-corrected chi connectivity index (χ3v) is 4.50. The molecule has 19 heavy (non-hydrogen) atoms. The first kappa shape index (κ1) is 12.7. The van der Waals surface area contributed by atoms with E-state index in [9.17, 15) is 5.11 Å². The van der Waals surface area contributed by atoms with E-state index in [1.165, 1.54) is 24.8 Å². The smallest absolute Gasteiger partial charge is 0.0992 e. The minimum Gasteiger partial charge on any atom is -0.388 e. The SMILES string of the molecule is CCc1ccn2cncc2c1C(O)C1CCCCC1. The van der Waals surface area contributed by atoms with Crippen LogP contribution in [0.4, 0.5) is 0 Å². The highest BCUT2D eigenvalue weighted by Crippen LogP contribution is 2.37. The van der Waals surface area contributed by atoms with Crippen LogP contribution in [-0.4, -0.2) is 14.5 Å². The Bertz CT molecular complexity index is 555. The molecule has 0 radical (unpaired) electrons. The molecule has 1 unspecified atom stereocenters. The van der Waals surface area contributed by atoms with Gasteiger partial charge in [-0.05, 0) is 36.8 Å². The van der Waals surface area contributed by atoms with Gasteiger partial charge >= 0.3 is 0 Å². The molecule has 0 aromatic carbocycles. The second-order valence-electron chi connectivity index (χ2n) is 5.64. The highest BCUT2D eigenvalue weighted by molar-refractivity contribution is 5.58. The summed E-state index contributed by atoms with van der Waals surface area (Å²) in [5, 5.41) is 10.8. The van der Waals surface area contributed by atoms with Crippen molar-refractivity contribution >= 4 is 5.52 Å². The summed E-state index contributed by atoms with van der Waals surface area (Å²) in [7, 11) is 0. The molecule has 0 spiro atoms. The van der Waals surface area contributed by atoms with E-state index in [0.717, 1.165) is 30.3 Å². The third kappa shape index (κ3) is 2.27. The fourth-order valence-corrected chi connectivity index (χ4v) is 3.39. The number of hydrogen-bond donors (Lipinski definition) is 1. The number of aliphatic hydroxyl groups excluding tert-OH is 1. The average Bonchev–Trinajstić information content (AvgIpc) is 2.94. The maximum atomic E-state index is 10.8. The molecule has 0 bridgehead atoms. The van der Waals surface area contributed by atoms with Gasteiger partial charge in [-0.2, -0.15) is 0 Å². The van der Waals surface area contributed by atoms with Crippen LogP contribution in [0.5, 0.6) is 0 Å². The van der Waals surface area contributed by atoms with E-state index in [1.807, 2.05) is 23.1 Å². The summed E-state index contributed by atoms with van der Waals surface area (Å²) in [4.78, 5) is 4.22. The van der Waals surface area contributed by atoms with E-state index in [2.05, 4.69) is 18.0 Å². The lowest BCUT2D eigenvalue weighted by molar-refractivity contribution is 0.0851.